The summed E-state index contributed by atoms with van der Waals surface area (Å²) in [6.45, 7) is 9.92. The Labute approximate surface area is 242 Å². The van der Waals surface area contributed by atoms with Crippen molar-refractivity contribution in [1.29, 1.82) is 0 Å². The van der Waals surface area contributed by atoms with Gasteiger partial charge in [0.2, 0.25) is 0 Å². The number of alkyl halides is 1. The number of allylic oxidation sites excluding steroid dienone is 2. The van der Waals surface area contributed by atoms with Crippen LogP contribution < -0.4 is 5.32 Å². The van der Waals surface area contributed by atoms with Crippen molar-refractivity contribution in [1.82, 2.24) is 0 Å². The van der Waals surface area contributed by atoms with E-state index in [1.54, 1.807) is 19.1 Å². The van der Waals surface area contributed by atoms with Crippen LogP contribution in [0.4, 0.5) is 10.1 Å². The zero-order valence-corrected chi connectivity index (χ0v) is 25.2. The van der Waals surface area contributed by atoms with E-state index in [0.717, 1.165) is 5.57 Å². The lowest BCUT2D eigenvalue weighted by molar-refractivity contribution is -0.146. The molecule has 1 aliphatic rings. The number of nitrogens with one attached hydrogen (secondary N) is 1. The fourth-order valence-corrected chi connectivity index (χ4v) is 5.31. The summed E-state index contributed by atoms with van der Waals surface area (Å²) < 4.78 is 24.3. The number of ether oxygens (including phenoxy) is 2. The maximum absolute atomic E-state index is 13.0. The maximum atomic E-state index is 13.0. The first-order valence-corrected chi connectivity index (χ1v) is 14.2. The fraction of sp³-hybridized carbons (Fsp3) is 0.562. The van der Waals surface area contributed by atoms with Gasteiger partial charge in [0.05, 0.1) is 24.6 Å². The Bertz CT molecular complexity index is 1160. The second-order valence-corrected chi connectivity index (χ2v) is 11.2. The number of carbonyl (C=O) groups is 2. The Hall–Kier alpha value is -3.17. The van der Waals surface area contributed by atoms with Crippen molar-refractivity contribution in [2.24, 2.45) is 17.8 Å². The molecule has 1 aromatic rings. The SMILES string of the molecule is CO[C@H]1C[C@H](C)Cc2c(O)c(cc(O)c2CCCF)NC(=O)/C(C)=C/C=C\[C@H](C)[C@@H](OC(C)=O)/C(C)=C/[C@H](C)[C@H]1O. The number of hydrogen-bond acceptors (Lipinski definition) is 7. The molecular formula is C32H46FNO7. The molecular weight excluding hydrogens is 529 g/mol. The van der Waals surface area contributed by atoms with Crippen molar-refractivity contribution in [3.63, 3.8) is 0 Å². The van der Waals surface area contributed by atoms with Gasteiger partial charge in [-0.3, -0.25) is 14.0 Å². The van der Waals surface area contributed by atoms with Gasteiger partial charge in [-0.1, -0.05) is 45.1 Å². The van der Waals surface area contributed by atoms with Gasteiger partial charge in [-0.2, -0.15) is 0 Å². The topological polar surface area (TPSA) is 125 Å². The summed E-state index contributed by atoms with van der Waals surface area (Å²) in [6.07, 6.45) is 6.08. The molecule has 2 bridgehead atoms. The van der Waals surface area contributed by atoms with Gasteiger partial charge in [-0.15, -0.1) is 0 Å². The number of halogens is 1. The highest BCUT2D eigenvalue weighted by atomic mass is 19.1. The second kappa shape index (κ2) is 15.7. The number of hydrogen-bond donors (Lipinski definition) is 4. The fourth-order valence-electron chi connectivity index (χ4n) is 5.31. The van der Waals surface area contributed by atoms with E-state index in [4.69, 9.17) is 9.47 Å². The van der Waals surface area contributed by atoms with Gasteiger partial charge < -0.3 is 30.1 Å². The lowest BCUT2D eigenvalue weighted by atomic mass is 9.86. The third-order valence-corrected chi connectivity index (χ3v) is 7.58. The van der Waals surface area contributed by atoms with E-state index in [-0.39, 0.29) is 47.8 Å². The van der Waals surface area contributed by atoms with Gasteiger partial charge in [0.25, 0.3) is 5.91 Å². The molecule has 0 aliphatic carbocycles. The number of rotatable bonds is 5. The summed E-state index contributed by atoms with van der Waals surface area (Å²) in [7, 11) is 1.52. The molecule has 0 radical (unpaired) electrons. The van der Waals surface area contributed by atoms with Crippen LogP contribution in [0.2, 0.25) is 0 Å². The average molecular weight is 576 g/mol. The van der Waals surface area contributed by atoms with E-state index in [1.807, 2.05) is 39.8 Å². The zero-order chi connectivity index (χ0) is 30.9. The van der Waals surface area contributed by atoms with E-state index >= 15 is 0 Å². The van der Waals surface area contributed by atoms with Crippen LogP contribution in [0.1, 0.15) is 65.5 Å². The predicted molar refractivity (Wildman–Crippen MR) is 158 cm³/mol. The summed E-state index contributed by atoms with van der Waals surface area (Å²) in [4.78, 5) is 24.8. The van der Waals surface area contributed by atoms with Crippen LogP contribution in [0.15, 0.2) is 41.5 Å². The van der Waals surface area contributed by atoms with Crippen molar-refractivity contribution in [3.8, 4) is 11.5 Å². The number of phenolic OH excluding ortho intramolecular Hbond substituents is 2. The number of benzene rings is 1. The zero-order valence-electron chi connectivity index (χ0n) is 25.2. The average Bonchev–Trinajstić information content (AvgIpc) is 2.91. The number of aliphatic hydroxyl groups excluding tert-OH is 1. The first-order valence-electron chi connectivity index (χ1n) is 14.2. The highest BCUT2D eigenvalue weighted by Gasteiger charge is 2.29. The van der Waals surface area contributed by atoms with E-state index < -0.39 is 36.9 Å². The highest BCUT2D eigenvalue weighted by Crippen LogP contribution is 2.40. The van der Waals surface area contributed by atoms with Gasteiger partial charge in [-0.25, -0.2) is 0 Å². The normalized spacial score (nSPS) is 29.9. The molecule has 41 heavy (non-hydrogen) atoms. The van der Waals surface area contributed by atoms with Crippen LogP contribution in [-0.4, -0.2) is 59.3 Å². The second-order valence-electron chi connectivity index (χ2n) is 11.2. The molecule has 0 saturated carbocycles. The number of aromatic hydroxyl groups is 2. The molecule has 1 aromatic carbocycles. The standard InChI is InChI=1S/C32H46FNO7/c1-18-14-25-24(12-9-13-33)27(36)17-26(30(25)38)34-32(39)20(3)11-8-10-19(2)31(41-23(6)35)22(5)16-21(4)29(37)28(15-18)40-7/h8,10-11,16-19,21,28-29,31,36-38H,9,12-15H2,1-7H3,(H,34,39)/b10-8-,20-11+,22-16+/t18-,19+,21+,28+,29-,31-/m1/s1. The molecule has 228 valence electrons. The van der Waals surface area contributed by atoms with E-state index in [9.17, 15) is 29.3 Å². The Morgan fingerprint density at radius 3 is 2.46 bits per heavy atom. The molecule has 1 heterocycles. The third-order valence-electron chi connectivity index (χ3n) is 7.58. The molecule has 1 amide bonds. The van der Waals surface area contributed by atoms with Crippen molar-refractivity contribution in [3.05, 3.63) is 52.6 Å². The maximum Gasteiger partial charge on any atom is 0.303 e. The molecule has 8 nitrogen and oxygen atoms in total. The minimum Gasteiger partial charge on any atom is -0.508 e. The third kappa shape index (κ3) is 9.43. The first kappa shape index (κ1) is 34.0. The summed E-state index contributed by atoms with van der Waals surface area (Å²) in [5.41, 5.74) is 2.02. The van der Waals surface area contributed by atoms with Crippen LogP contribution in [-0.2, 0) is 31.9 Å². The number of phenols is 2. The summed E-state index contributed by atoms with van der Waals surface area (Å²) in [6, 6.07) is 1.28. The molecule has 0 fully saturated rings. The first-order chi connectivity index (χ1) is 19.3. The molecule has 4 N–H and O–H groups in total. The number of fused-ring (bicyclic) bond motifs is 2. The van der Waals surface area contributed by atoms with Crippen molar-refractivity contribution >= 4 is 17.6 Å². The quantitative estimate of drug-likeness (QED) is 0.157. The minimum absolute atomic E-state index is 0.0495. The molecule has 9 heteroatoms. The largest absolute Gasteiger partial charge is 0.508 e. The summed E-state index contributed by atoms with van der Waals surface area (Å²) >= 11 is 0. The van der Waals surface area contributed by atoms with Gasteiger partial charge in [0.15, 0.2) is 0 Å². The number of aliphatic hydroxyl groups is 1. The molecule has 0 spiro atoms. The lowest BCUT2D eigenvalue weighted by Gasteiger charge is -2.29. The van der Waals surface area contributed by atoms with Crippen LogP contribution in [0.3, 0.4) is 0 Å². The molecule has 0 unspecified atom stereocenters. The number of methoxy groups -OCH3 is 1. The number of amides is 1. The molecule has 0 aromatic heterocycles. The lowest BCUT2D eigenvalue weighted by Crippen LogP contribution is -2.35. The van der Waals surface area contributed by atoms with E-state index in [2.05, 4.69) is 5.32 Å². The Morgan fingerprint density at radius 1 is 1.17 bits per heavy atom. The molecule has 2 rings (SSSR count). The Morgan fingerprint density at radius 2 is 1.85 bits per heavy atom. The summed E-state index contributed by atoms with van der Waals surface area (Å²) in [5, 5.41) is 35.9. The number of carbonyl (C=O) groups excluding carboxylic acids is 2. The van der Waals surface area contributed by atoms with Crippen LogP contribution >= 0.6 is 0 Å². The monoisotopic (exact) mass is 575 g/mol. The van der Waals surface area contributed by atoms with Crippen LogP contribution in [0.5, 0.6) is 11.5 Å². The van der Waals surface area contributed by atoms with E-state index in [0.29, 0.717) is 29.5 Å². The number of anilines is 1. The highest BCUT2D eigenvalue weighted by molar-refractivity contribution is 6.04. The summed E-state index contributed by atoms with van der Waals surface area (Å²) in [5.74, 6) is -1.94. The van der Waals surface area contributed by atoms with Crippen molar-refractivity contribution in [2.45, 2.75) is 85.5 Å². The molecule has 6 atom stereocenters. The Kier molecular flexibility index (Phi) is 13.1. The van der Waals surface area contributed by atoms with Crippen LogP contribution in [0.25, 0.3) is 0 Å². The number of esters is 1. The van der Waals surface area contributed by atoms with Gasteiger partial charge in [0.1, 0.15) is 17.6 Å². The van der Waals surface area contributed by atoms with Gasteiger partial charge >= 0.3 is 5.97 Å². The van der Waals surface area contributed by atoms with Gasteiger partial charge in [0, 0.05) is 48.6 Å². The molecule has 0 saturated heterocycles. The van der Waals surface area contributed by atoms with E-state index in [1.165, 1.54) is 20.1 Å². The Balaban J connectivity index is 2.63. The minimum atomic E-state index is -0.882. The van der Waals surface area contributed by atoms with Crippen molar-refractivity contribution in [2.75, 3.05) is 19.1 Å². The van der Waals surface area contributed by atoms with Crippen LogP contribution in [0, 0.1) is 17.8 Å². The smallest absolute Gasteiger partial charge is 0.303 e. The molecule has 1 aliphatic heterocycles. The van der Waals surface area contributed by atoms with Gasteiger partial charge in [-0.05, 0) is 51.0 Å². The predicted octanol–water partition coefficient (Wildman–Crippen LogP) is 5.55. The van der Waals surface area contributed by atoms with Crippen molar-refractivity contribution < 1.29 is 38.8 Å².